The molecule has 0 amide bonds. The lowest BCUT2D eigenvalue weighted by Gasteiger charge is -2.31. The fourth-order valence-electron chi connectivity index (χ4n) is 3.64. The van der Waals surface area contributed by atoms with Crippen LogP contribution in [0.15, 0.2) is 37.1 Å². The summed E-state index contributed by atoms with van der Waals surface area (Å²) in [6, 6.07) is 2.03. The summed E-state index contributed by atoms with van der Waals surface area (Å²) in [5.74, 6) is 0.704. The van der Waals surface area contributed by atoms with Gasteiger partial charge in [-0.1, -0.05) is 6.92 Å². The zero-order chi connectivity index (χ0) is 21.1. The number of hydrogen-bond donors (Lipinski definition) is 1. The predicted molar refractivity (Wildman–Crippen MR) is 114 cm³/mol. The van der Waals surface area contributed by atoms with Gasteiger partial charge in [-0.25, -0.2) is 22.7 Å². The summed E-state index contributed by atoms with van der Waals surface area (Å²) in [5, 5.41) is 11.8. The van der Waals surface area contributed by atoms with Crippen LogP contribution in [0.3, 0.4) is 0 Å². The third-order valence-electron chi connectivity index (χ3n) is 5.17. The number of nitrogens with one attached hydrogen (secondary N) is 1. The van der Waals surface area contributed by atoms with Gasteiger partial charge in [0.15, 0.2) is 0 Å². The molecule has 0 unspecified atom stereocenters. The van der Waals surface area contributed by atoms with Crippen molar-refractivity contribution < 1.29 is 8.42 Å². The first kappa shape index (κ1) is 20.5. The Morgan fingerprint density at radius 2 is 1.97 bits per heavy atom. The Balaban J connectivity index is 1.43. The van der Waals surface area contributed by atoms with Crippen molar-refractivity contribution in [2.45, 2.75) is 32.2 Å². The third kappa shape index (κ3) is 4.51. The van der Waals surface area contributed by atoms with Crippen LogP contribution in [0.1, 0.15) is 32.2 Å². The second kappa shape index (κ2) is 8.52. The minimum absolute atomic E-state index is 0.182. The van der Waals surface area contributed by atoms with E-state index in [1.165, 1.54) is 0 Å². The van der Waals surface area contributed by atoms with E-state index >= 15 is 0 Å². The van der Waals surface area contributed by atoms with Gasteiger partial charge in [-0.3, -0.25) is 9.36 Å². The van der Waals surface area contributed by atoms with E-state index in [4.69, 9.17) is 0 Å². The smallest absolute Gasteiger partial charge is 0.227 e. The topological polar surface area (TPSA) is 111 Å². The molecule has 11 heteroatoms. The molecule has 3 aromatic heterocycles. The van der Waals surface area contributed by atoms with E-state index in [9.17, 15) is 8.42 Å². The normalized spacial score (nSPS) is 16.1. The van der Waals surface area contributed by atoms with Gasteiger partial charge in [-0.05, 0) is 25.3 Å². The highest BCUT2D eigenvalue weighted by Crippen LogP contribution is 2.26. The number of aromatic nitrogens is 6. The molecule has 0 radical (unpaired) electrons. The number of aryl methyl sites for hydroxylation is 1. The number of sulfonamides is 1. The number of hydrogen-bond acceptors (Lipinski definition) is 7. The Morgan fingerprint density at radius 3 is 2.67 bits per heavy atom. The van der Waals surface area contributed by atoms with Gasteiger partial charge < -0.3 is 5.32 Å². The highest BCUT2D eigenvalue weighted by atomic mass is 32.2. The molecule has 4 rings (SSSR count). The molecule has 160 valence electrons. The summed E-state index contributed by atoms with van der Waals surface area (Å²) in [4.78, 5) is 8.83. The Kier molecular flexibility index (Phi) is 5.82. The molecule has 1 aliphatic heterocycles. The maximum Gasteiger partial charge on any atom is 0.227 e. The Morgan fingerprint density at radius 1 is 1.17 bits per heavy atom. The van der Waals surface area contributed by atoms with E-state index in [2.05, 4.69) is 25.5 Å². The van der Waals surface area contributed by atoms with Crippen molar-refractivity contribution in [3.8, 4) is 11.3 Å². The molecule has 0 aliphatic carbocycles. The predicted octanol–water partition coefficient (Wildman–Crippen LogP) is 2.19. The first-order valence-electron chi connectivity index (χ1n) is 10.1. The van der Waals surface area contributed by atoms with E-state index in [1.54, 1.807) is 27.6 Å². The molecule has 1 N–H and O–H groups in total. The summed E-state index contributed by atoms with van der Waals surface area (Å²) in [6.07, 6.45) is 11.2. The van der Waals surface area contributed by atoms with Gasteiger partial charge in [0.25, 0.3) is 0 Å². The standard InChI is InChI=1S/C19H26N8O2S/c1-3-10-30(28,29)26-8-5-17(6-9-26)27-13-15(11-22-27)18-4-7-20-19(24-18)23-16-12-21-25(2)14-16/h4,7,11-14,17H,3,5-6,8-10H2,1-2H3,(H,20,23,24). The summed E-state index contributed by atoms with van der Waals surface area (Å²) >= 11 is 0. The van der Waals surface area contributed by atoms with Crippen molar-refractivity contribution >= 4 is 21.7 Å². The van der Waals surface area contributed by atoms with Gasteiger partial charge in [0.05, 0.1) is 35.6 Å². The van der Waals surface area contributed by atoms with Crippen molar-refractivity contribution in [1.82, 2.24) is 33.8 Å². The van der Waals surface area contributed by atoms with Gasteiger partial charge in [-0.15, -0.1) is 0 Å². The van der Waals surface area contributed by atoms with Crippen LogP contribution < -0.4 is 5.32 Å². The van der Waals surface area contributed by atoms with Crippen LogP contribution in [-0.2, 0) is 17.1 Å². The van der Waals surface area contributed by atoms with E-state index in [0.717, 1.165) is 29.8 Å². The molecule has 0 atom stereocenters. The molecular weight excluding hydrogens is 404 g/mol. The fourth-order valence-corrected chi connectivity index (χ4v) is 5.18. The van der Waals surface area contributed by atoms with Crippen LogP contribution in [0, 0.1) is 0 Å². The Labute approximate surface area is 176 Å². The zero-order valence-electron chi connectivity index (χ0n) is 17.1. The second-order valence-electron chi connectivity index (χ2n) is 7.45. The van der Waals surface area contributed by atoms with Crippen LogP contribution >= 0.6 is 0 Å². The van der Waals surface area contributed by atoms with Crippen LogP contribution in [0.2, 0.25) is 0 Å². The third-order valence-corrected chi connectivity index (χ3v) is 7.24. The number of nitrogens with zero attached hydrogens (tertiary/aromatic N) is 7. The molecule has 1 fully saturated rings. The Hall–Kier alpha value is -2.79. The van der Waals surface area contributed by atoms with Crippen LogP contribution in [0.5, 0.6) is 0 Å². The lowest BCUT2D eigenvalue weighted by atomic mass is 10.1. The number of rotatable bonds is 7. The highest BCUT2D eigenvalue weighted by molar-refractivity contribution is 7.89. The molecule has 10 nitrogen and oxygen atoms in total. The second-order valence-corrected chi connectivity index (χ2v) is 9.54. The molecule has 3 aromatic rings. The van der Waals surface area contributed by atoms with Crippen molar-refractivity contribution in [2.24, 2.45) is 7.05 Å². The minimum Gasteiger partial charge on any atom is -0.321 e. The van der Waals surface area contributed by atoms with E-state index in [-0.39, 0.29) is 11.8 Å². The molecule has 0 spiro atoms. The average Bonchev–Trinajstić information content (AvgIpc) is 3.38. The Bertz CT molecular complexity index is 1100. The molecule has 0 bridgehead atoms. The maximum atomic E-state index is 12.3. The van der Waals surface area contributed by atoms with E-state index in [1.807, 2.05) is 37.1 Å². The van der Waals surface area contributed by atoms with Crippen LogP contribution in [0.4, 0.5) is 11.6 Å². The van der Waals surface area contributed by atoms with Crippen molar-refractivity contribution in [3.63, 3.8) is 0 Å². The quantitative estimate of drug-likeness (QED) is 0.612. The largest absolute Gasteiger partial charge is 0.321 e. The van der Waals surface area contributed by atoms with Gasteiger partial charge in [-0.2, -0.15) is 10.2 Å². The molecule has 30 heavy (non-hydrogen) atoms. The summed E-state index contributed by atoms with van der Waals surface area (Å²) in [7, 11) is -1.28. The molecule has 0 aromatic carbocycles. The van der Waals surface area contributed by atoms with Gasteiger partial charge in [0.2, 0.25) is 16.0 Å². The van der Waals surface area contributed by atoms with Gasteiger partial charge in [0, 0.05) is 44.3 Å². The van der Waals surface area contributed by atoms with E-state index < -0.39 is 10.0 Å². The molecule has 1 aliphatic rings. The first-order valence-corrected chi connectivity index (χ1v) is 11.7. The maximum absolute atomic E-state index is 12.3. The molecule has 4 heterocycles. The molecule has 1 saturated heterocycles. The lowest BCUT2D eigenvalue weighted by molar-refractivity contribution is 0.261. The number of piperidine rings is 1. The first-order chi connectivity index (χ1) is 14.4. The average molecular weight is 431 g/mol. The van der Waals surface area contributed by atoms with Gasteiger partial charge in [0.1, 0.15) is 0 Å². The summed E-state index contributed by atoms with van der Waals surface area (Å²) in [5.41, 5.74) is 2.48. The lowest BCUT2D eigenvalue weighted by Crippen LogP contribution is -2.40. The van der Waals surface area contributed by atoms with Crippen molar-refractivity contribution in [2.75, 3.05) is 24.2 Å². The van der Waals surface area contributed by atoms with Crippen LogP contribution in [-0.4, -0.2) is 61.1 Å². The van der Waals surface area contributed by atoms with E-state index in [0.29, 0.717) is 25.5 Å². The molecule has 0 saturated carbocycles. The van der Waals surface area contributed by atoms with Gasteiger partial charge >= 0.3 is 0 Å². The fraction of sp³-hybridized carbons (Fsp3) is 0.474. The minimum atomic E-state index is -3.13. The summed E-state index contributed by atoms with van der Waals surface area (Å²) in [6.45, 7) is 2.96. The molecular formula is C19H26N8O2S. The monoisotopic (exact) mass is 430 g/mol. The zero-order valence-corrected chi connectivity index (χ0v) is 18.0. The van der Waals surface area contributed by atoms with Crippen molar-refractivity contribution in [1.29, 1.82) is 0 Å². The van der Waals surface area contributed by atoms with Crippen LogP contribution in [0.25, 0.3) is 11.3 Å². The van der Waals surface area contributed by atoms with Crippen molar-refractivity contribution in [3.05, 3.63) is 37.1 Å². The SMILES string of the molecule is CCCS(=O)(=O)N1CCC(n2cc(-c3ccnc(Nc4cnn(C)c4)n3)cn2)CC1. The number of anilines is 2. The summed E-state index contributed by atoms with van der Waals surface area (Å²) < 4.78 is 29.8. The highest BCUT2D eigenvalue weighted by Gasteiger charge is 2.28.